The summed E-state index contributed by atoms with van der Waals surface area (Å²) in [6.07, 6.45) is 0. The second-order valence-corrected chi connectivity index (χ2v) is 5.70. The third-order valence-electron chi connectivity index (χ3n) is 2.79. The largest absolute Gasteiger partial charge is 0.495 e. The van der Waals surface area contributed by atoms with E-state index in [0.29, 0.717) is 10.9 Å². The number of amides is 1. The summed E-state index contributed by atoms with van der Waals surface area (Å²) in [7, 11) is 1.41. The minimum Gasteiger partial charge on any atom is -0.495 e. The van der Waals surface area contributed by atoms with Crippen LogP contribution in [0.3, 0.4) is 0 Å². The lowest BCUT2D eigenvalue weighted by Gasteiger charge is -2.12. The van der Waals surface area contributed by atoms with E-state index >= 15 is 0 Å². The molecule has 1 heterocycles. The van der Waals surface area contributed by atoms with Crippen molar-refractivity contribution in [2.75, 3.05) is 18.2 Å². The third kappa shape index (κ3) is 4.10. The molecule has 2 aromatic rings. The number of nitrogens with zero attached hydrogens (tertiary/aromatic N) is 3. The van der Waals surface area contributed by atoms with Gasteiger partial charge in [-0.25, -0.2) is 5.10 Å². The minimum atomic E-state index is -0.552. The minimum absolute atomic E-state index is 0.150. The maximum absolute atomic E-state index is 12.2. The number of methoxy groups -OCH3 is 1. The number of hydrogen-bond acceptors (Lipinski definition) is 8. The van der Waals surface area contributed by atoms with Crippen molar-refractivity contribution in [3.05, 3.63) is 28.3 Å². The number of ether oxygens (including phenoxy) is 1. The molecule has 0 aliphatic heterocycles. The van der Waals surface area contributed by atoms with Crippen LogP contribution in [-0.2, 0) is 4.79 Å². The number of nitrogens with one attached hydrogen (secondary N) is 2. The van der Waals surface area contributed by atoms with Gasteiger partial charge in [0.25, 0.3) is 5.69 Å². The first-order valence-corrected chi connectivity index (χ1v) is 7.26. The third-order valence-corrected chi connectivity index (χ3v) is 3.75. The van der Waals surface area contributed by atoms with Crippen LogP contribution in [0, 0.1) is 10.1 Å². The van der Waals surface area contributed by atoms with Gasteiger partial charge in [-0.05, 0) is 13.0 Å². The van der Waals surface area contributed by atoms with Crippen LogP contribution in [0.5, 0.6) is 5.75 Å². The Balaban J connectivity index is 2.12. The van der Waals surface area contributed by atoms with Gasteiger partial charge < -0.3 is 15.8 Å². The zero-order valence-electron chi connectivity index (χ0n) is 12.3. The summed E-state index contributed by atoms with van der Waals surface area (Å²) in [4.78, 5) is 26.4. The van der Waals surface area contributed by atoms with E-state index in [-0.39, 0.29) is 23.2 Å². The molecule has 0 radical (unpaired) electrons. The van der Waals surface area contributed by atoms with Gasteiger partial charge in [0, 0.05) is 12.1 Å². The number of H-pyrrole nitrogens is 1. The lowest BCUT2D eigenvalue weighted by atomic mass is 10.2. The molecule has 0 fully saturated rings. The van der Waals surface area contributed by atoms with Crippen LogP contribution in [0.1, 0.15) is 6.92 Å². The maximum atomic E-state index is 12.2. The van der Waals surface area contributed by atoms with Gasteiger partial charge in [0.05, 0.1) is 23.0 Å². The Morgan fingerprint density at radius 1 is 1.57 bits per heavy atom. The number of aromatic amines is 1. The van der Waals surface area contributed by atoms with Gasteiger partial charge in [0.1, 0.15) is 5.75 Å². The van der Waals surface area contributed by atoms with Crippen molar-refractivity contribution in [2.24, 2.45) is 0 Å². The van der Waals surface area contributed by atoms with Gasteiger partial charge in [-0.3, -0.25) is 14.9 Å². The first-order valence-electron chi connectivity index (χ1n) is 6.38. The average Bonchev–Trinajstić information content (AvgIpc) is 2.92. The normalized spacial score (nSPS) is 11.7. The zero-order valence-corrected chi connectivity index (χ0v) is 13.1. The second kappa shape index (κ2) is 6.96. The monoisotopic (exact) mass is 338 g/mol. The van der Waals surface area contributed by atoms with E-state index in [0.717, 1.165) is 11.8 Å². The molecule has 1 aromatic carbocycles. The number of aromatic nitrogens is 3. The second-order valence-electron chi connectivity index (χ2n) is 4.39. The summed E-state index contributed by atoms with van der Waals surface area (Å²) in [5.41, 5.74) is 5.48. The van der Waals surface area contributed by atoms with Crippen molar-refractivity contribution in [1.29, 1.82) is 0 Å². The smallest absolute Gasteiger partial charge is 0.271 e. The Morgan fingerprint density at radius 2 is 2.30 bits per heavy atom. The number of nitrogens with two attached hydrogens (primary N) is 1. The molecule has 0 aliphatic rings. The van der Waals surface area contributed by atoms with Crippen LogP contribution >= 0.6 is 11.8 Å². The predicted octanol–water partition coefficient (Wildman–Crippen LogP) is 1.42. The molecule has 0 aliphatic carbocycles. The molecule has 1 atom stereocenters. The van der Waals surface area contributed by atoms with Gasteiger partial charge in [-0.2, -0.15) is 4.98 Å². The highest BCUT2D eigenvalue weighted by Crippen LogP contribution is 2.30. The number of thioether (sulfide) groups is 1. The van der Waals surface area contributed by atoms with Crippen molar-refractivity contribution in [2.45, 2.75) is 17.3 Å². The number of non-ortho nitro benzene ring substituents is 1. The maximum Gasteiger partial charge on any atom is 0.271 e. The Bertz CT molecular complexity index is 734. The molecule has 1 amide bonds. The quantitative estimate of drug-likeness (QED) is 0.406. The number of carbonyl (C=O) groups is 1. The standard InChI is InChI=1S/C12H14N6O4S/c1-6(23-12-15-11(13)16-17-12)10(19)14-8-5-7(18(20)21)3-4-9(8)22-2/h3-6H,1-2H3,(H,14,19)(H3,13,15,16,17)/t6-/m0/s1. The van der Waals surface area contributed by atoms with Gasteiger partial charge in [0.2, 0.25) is 17.0 Å². The van der Waals surface area contributed by atoms with E-state index in [1.807, 2.05) is 0 Å². The first-order chi connectivity index (χ1) is 10.9. The van der Waals surface area contributed by atoms with E-state index < -0.39 is 10.2 Å². The van der Waals surface area contributed by atoms with E-state index in [1.165, 1.54) is 25.3 Å². The molecule has 0 unspecified atom stereocenters. The molecule has 0 saturated heterocycles. The van der Waals surface area contributed by atoms with Crippen LogP contribution in [0.2, 0.25) is 0 Å². The van der Waals surface area contributed by atoms with Crippen LogP contribution in [0.15, 0.2) is 23.4 Å². The van der Waals surface area contributed by atoms with Gasteiger partial charge >= 0.3 is 0 Å². The lowest BCUT2D eigenvalue weighted by Crippen LogP contribution is -2.23. The molecule has 11 heteroatoms. The van der Waals surface area contributed by atoms with E-state index in [2.05, 4.69) is 20.5 Å². The number of carbonyl (C=O) groups excluding carboxylic acids is 1. The molecular weight excluding hydrogens is 324 g/mol. The summed E-state index contributed by atoms with van der Waals surface area (Å²) < 4.78 is 5.09. The van der Waals surface area contributed by atoms with Gasteiger partial charge in [-0.1, -0.05) is 11.8 Å². The predicted molar refractivity (Wildman–Crippen MR) is 84.4 cm³/mol. The lowest BCUT2D eigenvalue weighted by molar-refractivity contribution is -0.384. The van der Waals surface area contributed by atoms with Crippen LogP contribution in [0.25, 0.3) is 0 Å². The number of hydrogen-bond donors (Lipinski definition) is 3. The summed E-state index contributed by atoms with van der Waals surface area (Å²) in [5.74, 6) is 0.0981. The number of nitrogen functional groups attached to an aromatic ring is 1. The molecule has 0 bridgehead atoms. The van der Waals surface area contributed by atoms with E-state index in [4.69, 9.17) is 10.5 Å². The highest BCUT2D eigenvalue weighted by atomic mass is 32.2. The molecular formula is C12H14N6O4S. The first kappa shape index (κ1) is 16.5. The summed E-state index contributed by atoms with van der Waals surface area (Å²) in [5, 5.41) is 19.5. The van der Waals surface area contributed by atoms with Crippen molar-refractivity contribution in [3.63, 3.8) is 0 Å². The Hall–Kier alpha value is -2.82. The Labute approximate surface area is 135 Å². The fourth-order valence-electron chi connectivity index (χ4n) is 1.66. The number of nitro groups is 1. The SMILES string of the molecule is COc1ccc([N+](=O)[O-])cc1NC(=O)[C@H](C)Sc1n[nH]c(N)n1. The van der Waals surface area contributed by atoms with E-state index in [9.17, 15) is 14.9 Å². The molecule has 23 heavy (non-hydrogen) atoms. The summed E-state index contributed by atoms with van der Waals surface area (Å²) in [6.45, 7) is 1.65. The van der Waals surface area contributed by atoms with Crippen molar-refractivity contribution < 1.29 is 14.5 Å². The van der Waals surface area contributed by atoms with Crippen LogP contribution in [-0.4, -0.2) is 38.4 Å². The number of anilines is 2. The number of benzene rings is 1. The molecule has 1 aromatic heterocycles. The molecule has 4 N–H and O–H groups in total. The van der Waals surface area contributed by atoms with Gasteiger partial charge in [-0.15, -0.1) is 5.10 Å². The van der Waals surface area contributed by atoms with Crippen LogP contribution in [0.4, 0.5) is 17.3 Å². The Kier molecular flexibility index (Phi) is 5.01. The van der Waals surface area contributed by atoms with E-state index in [1.54, 1.807) is 6.92 Å². The fraction of sp³-hybridized carbons (Fsp3) is 0.250. The fourth-order valence-corrected chi connectivity index (χ4v) is 2.40. The van der Waals surface area contributed by atoms with Gasteiger partial charge in [0.15, 0.2) is 0 Å². The zero-order chi connectivity index (χ0) is 17.0. The molecule has 10 nitrogen and oxygen atoms in total. The van der Waals surface area contributed by atoms with Crippen LogP contribution < -0.4 is 15.8 Å². The highest BCUT2D eigenvalue weighted by molar-refractivity contribution is 8.00. The molecule has 2 rings (SSSR count). The highest BCUT2D eigenvalue weighted by Gasteiger charge is 2.20. The van der Waals surface area contributed by atoms with Crippen molar-refractivity contribution in [1.82, 2.24) is 15.2 Å². The van der Waals surface area contributed by atoms with Crippen molar-refractivity contribution >= 4 is 35.0 Å². The molecule has 0 saturated carbocycles. The van der Waals surface area contributed by atoms with Crippen molar-refractivity contribution in [3.8, 4) is 5.75 Å². The average molecular weight is 338 g/mol. The summed E-state index contributed by atoms with van der Waals surface area (Å²) >= 11 is 1.10. The Morgan fingerprint density at radius 3 is 2.87 bits per heavy atom. The summed E-state index contributed by atoms with van der Waals surface area (Å²) in [6, 6.07) is 3.95. The molecule has 122 valence electrons. The topological polar surface area (TPSA) is 149 Å². The number of nitro benzene ring substituents is 1. The number of rotatable bonds is 6. The molecule has 0 spiro atoms.